The number of ether oxygens (including phenoxy) is 5. The molecule has 0 aromatic carbocycles. The average molecular weight is 519 g/mol. The molecule has 0 radical (unpaired) electrons. The van der Waals surface area contributed by atoms with Crippen LogP contribution < -0.4 is 0 Å². The molecule has 10 heteroatoms. The highest BCUT2D eigenvalue weighted by Gasteiger charge is 2.91. The Morgan fingerprint density at radius 1 is 1.14 bits per heavy atom. The van der Waals surface area contributed by atoms with Gasteiger partial charge in [0.15, 0.2) is 11.9 Å². The molecule has 202 valence electrons. The number of aliphatic hydroxyl groups is 1. The second-order valence-electron chi connectivity index (χ2n) is 12.2. The first-order valence-corrected chi connectivity index (χ1v) is 12.9. The molecule has 1 saturated carbocycles. The number of aliphatic hydroxyl groups excluding tert-OH is 1. The lowest BCUT2D eigenvalue weighted by atomic mass is 9.45. The van der Waals surface area contributed by atoms with Crippen molar-refractivity contribution >= 4 is 17.7 Å². The van der Waals surface area contributed by atoms with Crippen molar-refractivity contribution in [2.45, 2.75) is 95.3 Å². The van der Waals surface area contributed by atoms with Crippen molar-refractivity contribution in [3.05, 3.63) is 24.2 Å². The van der Waals surface area contributed by atoms with Gasteiger partial charge in [0.2, 0.25) is 5.79 Å². The largest absolute Gasteiger partial charge is 0.472 e. The normalized spacial score (nSPS) is 49.4. The first kappa shape index (κ1) is 25.0. The third-order valence-electron chi connectivity index (χ3n) is 10.3. The van der Waals surface area contributed by atoms with Gasteiger partial charge in [-0.05, 0) is 52.5 Å². The third kappa shape index (κ3) is 2.72. The summed E-state index contributed by atoms with van der Waals surface area (Å²) >= 11 is 0. The van der Waals surface area contributed by atoms with Crippen molar-refractivity contribution in [3.8, 4) is 0 Å². The van der Waals surface area contributed by atoms with Gasteiger partial charge >= 0.3 is 11.9 Å². The fourth-order valence-corrected chi connectivity index (χ4v) is 8.65. The summed E-state index contributed by atoms with van der Waals surface area (Å²) in [6.07, 6.45) is 0.433. The highest BCUT2D eigenvalue weighted by atomic mass is 16.7. The van der Waals surface area contributed by atoms with Crippen LogP contribution in [-0.4, -0.2) is 71.3 Å². The van der Waals surface area contributed by atoms with Gasteiger partial charge in [-0.1, -0.05) is 6.92 Å². The Morgan fingerprint density at radius 2 is 1.86 bits per heavy atom. The summed E-state index contributed by atoms with van der Waals surface area (Å²) in [5.41, 5.74) is -4.42. The quantitative estimate of drug-likeness (QED) is 0.361. The van der Waals surface area contributed by atoms with Crippen LogP contribution in [0.2, 0.25) is 0 Å². The number of hydrogen-bond donors (Lipinski definition) is 1. The van der Waals surface area contributed by atoms with Crippen LogP contribution in [0.4, 0.5) is 0 Å². The van der Waals surface area contributed by atoms with Crippen LogP contribution in [0, 0.1) is 22.7 Å². The van der Waals surface area contributed by atoms with Gasteiger partial charge in [0.25, 0.3) is 0 Å². The predicted molar refractivity (Wildman–Crippen MR) is 124 cm³/mol. The van der Waals surface area contributed by atoms with E-state index in [9.17, 15) is 19.5 Å². The summed E-state index contributed by atoms with van der Waals surface area (Å²) in [6.45, 7) is 9.10. The number of hydrogen-bond acceptors (Lipinski definition) is 10. The van der Waals surface area contributed by atoms with Crippen LogP contribution in [-0.2, 0) is 33.3 Å². The summed E-state index contributed by atoms with van der Waals surface area (Å²) < 4.78 is 35.5. The number of carbonyl (C=O) groups excluding carboxylic acids is 3. The zero-order chi connectivity index (χ0) is 26.8. The van der Waals surface area contributed by atoms with Crippen molar-refractivity contribution in [2.24, 2.45) is 22.7 Å². The van der Waals surface area contributed by atoms with E-state index in [4.69, 9.17) is 28.1 Å². The molecule has 1 aromatic heterocycles. The Bertz CT molecular complexity index is 1160. The van der Waals surface area contributed by atoms with Gasteiger partial charge < -0.3 is 33.2 Å². The molecule has 5 fully saturated rings. The molecule has 4 saturated heterocycles. The van der Waals surface area contributed by atoms with Gasteiger partial charge in [0, 0.05) is 0 Å². The maximum atomic E-state index is 14.1. The van der Waals surface area contributed by atoms with E-state index in [0.717, 1.165) is 0 Å². The van der Waals surface area contributed by atoms with Gasteiger partial charge in [0.1, 0.15) is 23.6 Å². The summed E-state index contributed by atoms with van der Waals surface area (Å²) in [5, 5.41) is 12.0. The first-order valence-electron chi connectivity index (χ1n) is 12.9. The van der Waals surface area contributed by atoms with E-state index in [1.165, 1.54) is 19.6 Å². The summed E-state index contributed by atoms with van der Waals surface area (Å²) in [4.78, 5) is 39.6. The van der Waals surface area contributed by atoms with Gasteiger partial charge in [-0.15, -0.1) is 0 Å². The lowest BCUT2D eigenvalue weighted by Crippen LogP contribution is -2.69. The third-order valence-corrected chi connectivity index (χ3v) is 10.3. The number of epoxide rings is 1. The average Bonchev–Trinajstić information content (AvgIpc) is 3.10. The van der Waals surface area contributed by atoms with Gasteiger partial charge in [-0.25, -0.2) is 4.79 Å². The standard InChI is InChI=1S/C27H34O10/c1-13-15-7-9-24(4,19(29)14-8-10-33-12-14)26(21(37-26)22(31)32-6)25(15,5)27(34-13)20(30)18-16(35-27)11-17(28)36-23(18,2)3/h8,10,12-13,15-16,18,20-21,30H,7,9,11H2,1-6H3/t13-,15?,16?,18?,20-,21+,24+,25-,26-,27?/m1/s1. The minimum absolute atomic E-state index is 0.0368. The lowest BCUT2D eigenvalue weighted by Gasteiger charge is -2.56. The molecular weight excluding hydrogens is 484 g/mol. The SMILES string of the molecule is COC(=O)[C@@H]1O[C@@]12[C@](C)(C(=O)c1ccoc1)CCC1[C@@H](C)OC3(OC4CC(=O)OC(C)(C)C4[C@H]3O)[C@]12C. The Balaban J connectivity index is 1.55. The molecule has 37 heavy (non-hydrogen) atoms. The Morgan fingerprint density at radius 3 is 2.51 bits per heavy atom. The van der Waals surface area contributed by atoms with Crippen LogP contribution >= 0.6 is 0 Å². The molecule has 1 N–H and O–H groups in total. The van der Waals surface area contributed by atoms with Gasteiger partial charge in [0.05, 0.1) is 54.3 Å². The van der Waals surface area contributed by atoms with Crippen molar-refractivity contribution in [3.63, 3.8) is 0 Å². The molecule has 10 atom stereocenters. The maximum absolute atomic E-state index is 14.1. The molecule has 0 amide bonds. The molecule has 0 bridgehead atoms. The van der Waals surface area contributed by atoms with Crippen LogP contribution in [0.1, 0.15) is 64.2 Å². The Labute approximate surface area is 214 Å². The number of fused-ring (bicyclic) bond motifs is 4. The van der Waals surface area contributed by atoms with E-state index in [2.05, 4.69) is 0 Å². The number of rotatable bonds is 3. The highest BCUT2D eigenvalue weighted by molar-refractivity contribution is 6.02. The van der Waals surface area contributed by atoms with E-state index >= 15 is 0 Å². The van der Waals surface area contributed by atoms with Crippen molar-refractivity contribution in [2.75, 3.05) is 7.11 Å². The van der Waals surface area contributed by atoms with Crippen LogP contribution in [0.15, 0.2) is 23.0 Å². The molecule has 10 nitrogen and oxygen atoms in total. The second kappa shape index (κ2) is 7.43. The smallest absolute Gasteiger partial charge is 0.338 e. The second-order valence-corrected chi connectivity index (χ2v) is 12.2. The predicted octanol–water partition coefficient (Wildman–Crippen LogP) is 2.41. The summed E-state index contributed by atoms with van der Waals surface area (Å²) in [5.74, 6) is -3.72. The summed E-state index contributed by atoms with van der Waals surface area (Å²) in [6, 6.07) is 1.59. The van der Waals surface area contributed by atoms with E-state index in [-0.39, 0.29) is 24.2 Å². The molecule has 1 aromatic rings. The fraction of sp³-hybridized carbons (Fsp3) is 0.741. The van der Waals surface area contributed by atoms with E-state index in [1.54, 1.807) is 26.8 Å². The maximum Gasteiger partial charge on any atom is 0.338 e. The molecule has 6 rings (SSSR count). The zero-order valence-electron chi connectivity index (χ0n) is 21.9. The Kier molecular flexibility index (Phi) is 5.03. The van der Waals surface area contributed by atoms with Crippen LogP contribution in [0.3, 0.4) is 0 Å². The van der Waals surface area contributed by atoms with Crippen LogP contribution in [0.25, 0.3) is 0 Å². The molecule has 5 heterocycles. The first-order chi connectivity index (χ1) is 17.3. The number of esters is 2. The number of Topliss-reactive ketones (excluding diaryl/α,β-unsaturated/α-hetero) is 1. The highest BCUT2D eigenvalue weighted by Crippen LogP contribution is 2.77. The molecular formula is C27H34O10. The van der Waals surface area contributed by atoms with Crippen molar-refractivity contribution < 1.29 is 47.6 Å². The summed E-state index contributed by atoms with van der Waals surface area (Å²) in [7, 11) is 1.28. The Hall–Kier alpha value is -2.27. The molecule has 2 spiro atoms. The lowest BCUT2D eigenvalue weighted by molar-refractivity contribution is -0.305. The van der Waals surface area contributed by atoms with Gasteiger partial charge in [-0.3, -0.25) is 9.59 Å². The number of methoxy groups -OCH3 is 1. The van der Waals surface area contributed by atoms with E-state index < -0.39 is 64.0 Å². The number of furan rings is 1. The molecule has 5 aliphatic rings. The topological polar surface area (TPSA) is 134 Å². The van der Waals surface area contributed by atoms with Crippen LogP contribution in [0.5, 0.6) is 0 Å². The van der Waals surface area contributed by atoms with Gasteiger partial charge in [-0.2, -0.15) is 0 Å². The minimum atomic E-state index is -1.65. The van der Waals surface area contributed by atoms with E-state index in [1.807, 2.05) is 13.8 Å². The van der Waals surface area contributed by atoms with Crippen molar-refractivity contribution in [1.82, 2.24) is 0 Å². The molecule has 4 unspecified atom stereocenters. The molecule has 1 aliphatic carbocycles. The number of ketones is 1. The van der Waals surface area contributed by atoms with Crippen molar-refractivity contribution in [1.29, 1.82) is 0 Å². The fourth-order valence-electron chi connectivity index (χ4n) is 8.65. The molecule has 4 aliphatic heterocycles. The monoisotopic (exact) mass is 518 g/mol. The number of carbonyl (C=O) groups is 3. The van der Waals surface area contributed by atoms with E-state index in [0.29, 0.717) is 18.4 Å². The zero-order valence-corrected chi connectivity index (χ0v) is 21.9. The minimum Gasteiger partial charge on any atom is -0.472 e. The number of cyclic esters (lactones) is 1.